The average molecular weight is 410 g/mol. The highest BCUT2D eigenvalue weighted by atomic mass is 16.5. The predicted molar refractivity (Wildman–Crippen MR) is 123 cm³/mol. The molecular formula is C25H35N3O2. The summed E-state index contributed by atoms with van der Waals surface area (Å²) in [6.45, 7) is 10.6. The second-order valence-corrected chi connectivity index (χ2v) is 8.33. The molecule has 2 heterocycles. The third-order valence-electron chi connectivity index (χ3n) is 6.36. The second kappa shape index (κ2) is 10.2. The van der Waals surface area contributed by atoms with Gasteiger partial charge >= 0.3 is 0 Å². The predicted octanol–water partition coefficient (Wildman–Crippen LogP) is 3.88. The molecule has 0 spiro atoms. The lowest BCUT2D eigenvalue weighted by molar-refractivity contribution is 0.0887. The summed E-state index contributed by atoms with van der Waals surface area (Å²) < 4.78 is 11.0. The van der Waals surface area contributed by atoms with Gasteiger partial charge in [-0.3, -0.25) is 9.80 Å². The smallest absolute Gasteiger partial charge is 0.119 e. The fourth-order valence-corrected chi connectivity index (χ4v) is 4.77. The molecule has 0 bridgehead atoms. The van der Waals surface area contributed by atoms with Gasteiger partial charge in [-0.05, 0) is 68.3 Å². The molecule has 2 aliphatic rings. The van der Waals surface area contributed by atoms with Crippen LogP contribution in [0.4, 0.5) is 5.69 Å². The lowest BCUT2D eigenvalue weighted by atomic mass is 10.0. The van der Waals surface area contributed by atoms with Crippen molar-refractivity contribution in [2.24, 2.45) is 0 Å². The molecule has 1 atom stereocenters. The van der Waals surface area contributed by atoms with Gasteiger partial charge < -0.3 is 14.4 Å². The Morgan fingerprint density at radius 2 is 1.73 bits per heavy atom. The van der Waals surface area contributed by atoms with Crippen LogP contribution in [0.3, 0.4) is 0 Å². The first-order valence-electron chi connectivity index (χ1n) is 11.3. The highest BCUT2D eigenvalue weighted by molar-refractivity contribution is 5.49. The van der Waals surface area contributed by atoms with Crippen LogP contribution in [0.1, 0.15) is 25.3 Å². The normalized spacial score (nSPS) is 20.9. The van der Waals surface area contributed by atoms with Gasteiger partial charge in [0.25, 0.3) is 0 Å². The number of piperidine rings is 1. The molecule has 5 nitrogen and oxygen atoms in total. The molecule has 5 heteroatoms. The number of hydrogen-bond acceptors (Lipinski definition) is 5. The van der Waals surface area contributed by atoms with E-state index in [2.05, 4.69) is 57.2 Å². The SMILES string of the molecule is CCOc1cccc(CN2CCC[C@@H](N3CCN(c4ccc(OC)cc4)CC3)C2)c1. The molecule has 0 N–H and O–H groups in total. The largest absolute Gasteiger partial charge is 0.497 e. The number of hydrogen-bond donors (Lipinski definition) is 0. The van der Waals surface area contributed by atoms with E-state index in [0.29, 0.717) is 6.04 Å². The van der Waals surface area contributed by atoms with Crippen LogP contribution in [0.25, 0.3) is 0 Å². The molecule has 2 aliphatic heterocycles. The van der Waals surface area contributed by atoms with Gasteiger partial charge in [0, 0.05) is 51.0 Å². The average Bonchev–Trinajstić information content (AvgIpc) is 2.80. The Morgan fingerprint density at radius 3 is 2.47 bits per heavy atom. The fraction of sp³-hybridized carbons (Fsp3) is 0.520. The standard InChI is InChI=1S/C25H35N3O2/c1-3-30-25-8-4-6-21(18-25)19-26-13-5-7-23(20-26)28-16-14-27(15-17-28)22-9-11-24(29-2)12-10-22/h4,6,8-12,18,23H,3,5,7,13-17,19-20H2,1-2H3/t23-/m1/s1. The molecule has 2 aromatic carbocycles. The minimum Gasteiger partial charge on any atom is -0.497 e. The van der Waals surface area contributed by atoms with Gasteiger partial charge in [-0.2, -0.15) is 0 Å². The van der Waals surface area contributed by atoms with E-state index < -0.39 is 0 Å². The van der Waals surface area contributed by atoms with Gasteiger partial charge in [0.05, 0.1) is 13.7 Å². The van der Waals surface area contributed by atoms with Crippen LogP contribution in [0, 0.1) is 0 Å². The van der Waals surface area contributed by atoms with Crippen molar-refractivity contribution in [3.63, 3.8) is 0 Å². The molecule has 30 heavy (non-hydrogen) atoms. The third kappa shape index (κ3) is 5.27. The highest BCUT2D eigenvalue weighted by Crippen LogP contribution is 2.24. The number of methoxy groups -OCH3 is 1. The first kappa shape index (κ1) is 21.0. The minimum atomic E-state index is 0.673. The number of piperazine rings is 1. The summed E-state index contributed by atoms with van der Waals surface area (Å²) >= 11 is 0. The summed E-state index contributed by atoms with van der Waals surface area (Å²) in [5, 5.41) is 0. The third-order valence-corrected chi connectivity index (χ3v) is 6.36. The lowest BCUT2D eigenvalue weighted by Gasteiger charge is -2.44. The Morgan fingerprint density at radius 1 is 0.933 bits per heavy atom. The zero-order valence-electron chi connectivity index (χ0n) is 18.4. The van der Waals surface area contributed by atoms with E-state index in [-0.39, 0.29) is 0 Å². The minimum absolute atomic E-state index is 0.673. The molecule has 0 saturated carbocycles. The van der Waals surface area contributed by atoms with Crippen LogP contribution < -0.4 is 14.4 Å². The number of rotatable bonds is 7. The Kier molecular flexibility index (Phi) is 7.13. The lowest BCUT2D eigenvalue weighted by Crippen LogP contribution is -2.55. The quantitative estimate of drug-likeness (QED) is 0.692. The maximum Gasteiger partial charge on any atom is 0.119 e. The van der Waals surface area contributed by atoms with E-state index in [4.69, 9.17) is 9.47 Å². The van der Waals surface area contributed by atoms with E-state index in [1.54, 1.807) is 7.11 Å². The molecule has 162 valence electrons. The van der Waals surface area contributed by atoms with Crippen molar-refractivity contribution in [1.29, 1.82) is 0 Å². The van der Waals surface area contributed by atoms with Crippen molar-refractivity contribution in [1.82, 2.24) is 9.80 Å². The van der Waals surface area contributed by atoms with Gasteiger partial charge in [-0.1, -0.05) is 12.1 Å². The summed E-state index contributed by atoms with van der Waals surface area (Å²) in [5.41, 5.74) is 2.65. The molecule has 0 aromatic heterocycles. The monoisotopic (exact) mass is 409 g/mol. The molecule has 0 radical (unpaired) electrons. The van der Waals surface area contributed by atoms with Crippen LogP contribution in [-0.4, -0.2) is 68.8 Å². The Labute approximate surface area is 181 Å². The zero-order valence-corrected chi connectivity index (χ0v) is 18.4. The Bertz CT molecular complexity index is 787. The first-order chi connectivity index (χ1) is 14.7. The molecule has 0 amide bonds. The second-order valence-electron chi connectivity index (χ2n) is 8.33. The summed E-state index contributed by atoms with van der Waals surface area (Å²) in [7, 11) is 1.72. The van der Waals surface area contributed by atoms with Crippen LogP contribution in [0.5, 0.6) is 11.5 Å². The summed E-state index contributed by atoms with van der Waals surface area (Å²) in [6.07, 6.45) is 2.60. The van der Waals surface area contributed by atoms with E-state index in [1.807, 2.05) is 13.0 Å². The van der Waals surface area contributed by atoms with Crippen LogP contribution in [-0.2, 0) is 6.54 Å². The van der Waals surface area contributed by atoms with Crippen LogP contribution in [0.2, 0.25) is 0 Å². The number of benzene rings is 2. The first-order valence-corrected chi connectivity index (χ1v) is 11.3. The molecule has 2 aromatic rings. The van der Waals surface area contributed by atoms with Gasteiger partial charge in [0.15, 0.2) is 0 Å². The van der Waals surface area contributed by atoms with Crippen molar-refractivity contribution >= 4 is 5.69 Å². The Balaban J connectivity index is 1.29. The topological polar surface area (TPSA) is 28.2 Å². The molecule has 0 unspecified atom stereocenters. The summed E-state index contributed by atoms with van der Waals surface area (Å²) in [5.74, 6) is 1.91. The van der Waals surface area contributed by atoms with E-state index in [0.717, 1.165) is 50.8 Å². The fourth-order valence-electron chi connectivity index (χ4n) is 4.77. The maximum atomic E-state index is 5.67. The van der Waals surface area contributed by atoms with Crippen LogP contribution >= 0.6 is 0 Å². The maximum absolute atomic E-state index is 5.67. The number of anilines is 1. The highest BCUT2D eigenvalue weighted by Gasteiger charge is 2.28. The molecule has 2 saturated heterocycles. The summed E-state index contributed by atoms with van der Waals surface area (Å²) in [6, 6.07) is 17.7. The van der Waals surface area contributed by atoms with Crippen molar-refractivity contribution in [2.45, 2.75) is 32.4 Å². The molecule has 4 rings (SSSR count). The van der Waals surface area contributed by atoms with Gasteiger partial charge in [-0.15, -0.1) is 0 Å². The van der Waals surface area contributed by atoms with E-state index in [9.17, 15) is 0 Å². The van der Waals surface area contributed by atoms with Crippen molar-refractivity contribution < 1.29 is 9.47 Å². The van der Waals surface area contributed by atoms with Crippen molar-refractivity contribution in [3.05, 3.63) is 54.1 Å². The number of nitrogens with zero attached hydrogens (tertiary/aromatic N) is 3. The Hall–Kier alpha value is -2.24. The molecular weight excluding hydrogens is 374 g/mol. The molecule has 2 fully saturated rings. The van der Waals surface area contributed by atoms with Gasteiger partial charge in [-0.25, -0.2) is 0 Å². The number of likely N-dealkylation sites (tertiary alicyclic amines) is 1. The number of ether oxygens (including phenoxy) is 2. The van der Waals surface area contributed by atoms with Crippen molar-refractivity contribution in [3.8, 4) is 11.5 Å². The zero-order chi connectivity index (χ0) is 20.8. The van der Waals surface area contributed by atoms with E-state index in [1.165, 1.54) is 37.2 Å². The van der Waals surface area contributed by atoms with Crippen molar-refractivity contribution in [2.75, 3.05) is 57.9 Å². The molecule has 0 aliphatic carbocycles. The van der Waals surface area contributed by atoms with E-state index >= 15 is 0 Å². The van der Waals surface area contributed by atoms with Gasteiger partial charge in [0.2, 0.25) is 0 Å². The van der Waals surface area contributed by atoms with Gasteiger partial charge in [0.1, 0.15) is 11.5 Å². The van der Waals surface area contributed by atoms with Crippen LogP contribution in [0.15, 0.2) is 48.5 Å². The summed E-state index contributed by atoms with van der Waals surface area (Å²) in [4.78, 5) is 7.83.